The molecule has 0 radical (unpaired) electrons. The average molecular weight is 320 g/mol. The smallest absolute Gasteiger partial charge is 0.282 e. The molecule has 9 heteroatoms. The Morgan fingerprint density at radius 2 is 2.13 bits per heavy atom. The van der Waals surface area contributed by atoms with E-state index in [0.717, 1.165) is 6.42 Å². The van der Waals surface area contributed by atoms with Crippen LogP contribution in [-0.4, -0.2) is 41.3 Å². The fourth-order valence-corrected chi connectivity index (χ4v) is 3.32. The number of carbonyl (C=O) groups excluding carboxylic acids is 1. The molecule has 2 aliphatic rings. The van der Waals surface area contributed by atoms with Gasteiger partial charge in [0.2, 0.25) is 0 Å². The molecule has 0 spiro atoms. The number of carbonyl (C=O) groups is 1. The third-order valence-electron chi connectivity index (χ3n) is 4.46. The van der Waals surface area contributed by atoms with Crippen molar-refractivity contribution in [1.82, 2.24) is 26.6 Å². The lowest BCUT2D eigenvalue weighted by atomic mass is 9.95. The van der Waals surface area contributed by atoms with Crippen molar-refractivity contribution in [2.75, 3.05) is 7.05 Å². The van der Waals surface area contributed by atoms with Gasteiger partial charge in [-0.1, -0.05) is 19.1 Å². The van der Waals surface area contributed by atoms with E-state index in [4.69, 9.17) is 0 Å². The minimum Gasteiger partial charge on any atom is -0.335 e. The van der Waals surface area contributed by atoms with Crippen molar-refractivity contribution in [1.29, 1.82) is 0 Å². The van der Waals surface area contributed by atoms with Gasteiger partial charge in [0.25, 0.3) is 11.6 Å². The van der Waals surface area contributed by atoms with Gasteiger partial charge in [0.05, 0.1) is 17.3 Å². The predicted octanol–water partition coefficient (Wildman–Crippen LogP) is -0.0706. The van der Waals surface area contributed by atoms with Gasteiger partial charge < -0.3 is 5.32 Å². The van der Waals surface area contributed by atoms with Gasteiger partial charge in [-0.15, -0.1) is 0 Å². The molecule has 1 aromatic rings. The number of nitrogens with zero attached hydrogens (tertiary/aromatic N) is 2. The van der Waals surface area contributed by atoms with Crippen molar-refractivity contribution in [2.45, 2.75) is 31.7 Å². The van der Waals surface area contributed by atoms with Crippen molar-refractivity contribution in [3.05, 3.63) is 39.9 Å². The van der Waals surface area contributed by atoms with Crippen LogP contribution in [0.2, 0.25) is 0 Å². The SMILES string of the molecule is CCC1NN(C)C2NNC(NC(=O)c3ccccc3[N+](=O)[O-])C12. The van der Waals surface area contributed by atoms with Crippen molar-refractivity contribution in [3.63, 3.8) is 0 Å². The van der Waals surface area contributed by atoms with Crippen LogP contribution < -0.4 is 21.6 Å². The number of rotatable bonds is 4. The molecule has 1 aromatic carbocycles. The highest BCUT2D eigenvalue weighted by molar-refractivity contribution is 5.98. The fraction of sp³-hybridized carbons (Fsp3) is 0.500. The molecule has 2 fully saturated rings. The fourth-order valence-electron chi connectivity index (χ4n) is 3.32. The number of hydrazine groups is 2. The summed E-state index contributed by atoms with van der Waals surface area (Å²) in [7, 11) is 1.94. The number of nitro benzene ring substituents is 1. The van der Waals surface area contributed by atoms with E-state index in [9.17, 15) is 14.9 Å². The van der Waals surface area contributed by atoms with Crippen LogP contribution >= 0.6 is 0 Å². The highest BCUT2D eigenvalue weighted by Gasteiger charge is 2.48. The van der Waals surface area contributed by atoms with Crippen LogP contribution in [0.3, 0.4) is 0 Å². The van der Waals surface area contributed by atoms with Crippen molar-refractivity contribution in [3.8, 4) is 0 Å². The van der Waals surface area contributed by atoms with Crippen molar-refractivity contribution in [2.24, 2.45) is 5.92 Å². The maximum absolute atomic E-state index is 12.5. The molecule has 4 unspecified atom stereocenters. The Morgan fingerprint density at radius 1 is 1.39 bits per heavy atom. The molecule has 4 N–H and O–H groups in total. The first-order valence-electron chi connectivity index (χ1n) is 7.57. The molecule has 2 aliphatic heterocycles. The Morgan fingerprint density at radius 3 is 2.83 bits per heavy atom. The monoisotopic (exact) mass is 320 g/mol. The van der Waals surface area contributed by atoms with Crippen LogP contribution in [0.5, 0.6) is 0 Å². The summed E-state index contributed by atoms with van der Waals surface area (Å²) >= 11 is 0. The predicted molar refractivity (Wildman–Crippen MR) is 82.9 cm³/mol. The van der Waals surface area contributed by atoms with E-state index in [-0.39, 0.29) is 35.5 Å². The highest BCUT2D eigenvalue weighted by atomic mass is 16.6. The summed E-state index contributed by atoms with van der Waals surface area (Å²) < 4.78 is 0. The number of amides is 1. The average Bonchev–Trinajstić information content (AvgIpc) is 3.09. The molecular weight excluding hydrogens is 300 g/mol. The van der Waals surface area contributed by atoms with Crippen LogP contribution in [0.15, 0.2) is 24.3 Å². The minimum atomic E-state index is -0.544. The number of nitrogens with one attached hydrogen (secondary N) is 4. The highest BCUT2D eigenvalue weighted by Crippen LogP contribution is 2.27. The third kappa shape index (κ3) is 2.79. The second-order valence-corrected chi connectivity index (χ2v) is 5.79. The van der Waals surface area contributed by atoms with Crippen molar-refractivity contribution >= 4 is 11.6 Å². The van der Waals surface area contributed by atoms with Crippen LogP contribution in [0, 0.1) is 16.0 Å². The summed E-state index contributed by atoms with van der Waals surface area (Å²) in [5.41, 5.74) is 9.43. The zero-order valence-corrected chi connectivity index (χ0v) is 12.9. The first-order valence-corrected chi connectivity index (χ1v) is 7.57. The summed E-state index contributed by atoms with van der Waals surface area (Å²) in [6.45, 7) is 2.08. The Kier molecular flexibility index (Phi) is 4.26. The minimum absolute atomic E-state index is 0.0519. The first kappa shape index (κ1) is 15.8. The topological polar surface area (TPSA) is 112 Å². The number of fused-ring (bicyclic) bond motifs is 1. The summed E-state index contributed by atoms with van der Waals surface area (Å²) in [6.07, 6.45) is 0.651. The Hall–Kier alpha value is -2.07. The normalized spacial score (nSPS) is 30.2. The summed E-state index contributed by atoms with van der Waals surface area (Å²) in [6, 6.07) is 6.17. The van der Waals surface area contributed by atoms with Gasteiger partial charge in [-0.3, -0.25) is 20.3 Å². The lowest BCUT2D eigenvalue weighted by molar-refractivity contribution is -0.385. The molecule has 2 heterocycles. The van der Waals surface area contributed by atoms with E-state index in [1.807, 2.05) is 12.1 Å². The van der Waals surface area contributed by atoms with E-state index in [0.29, 0.717) is 0 Å². The molecule has 4 atom stereocenters. The zero-order valence-electron chi connectivity index (χ0n) is 12.9. The van der Waals surface area contributed by atoms with Crippen molar-refractivity contribution < 1.29 is 9.72 Å². The molecule has 23 heavy (non-hydrogen) atoms. The standard InChI is InChI=1S/C14H20N6O3/c1-3-9-11-12(16-17-13(11)19(2)18-9)15-14(21)8-6-4-5-7-10(8)20(22)23/h4-7,9,11-13,16-18H,3H2,1-2H3,(H,15,21). The maximum atomic E-state index is 12.5. The molecule has 124 valence electrons. The zero-order chi connectivity index (χ0) is 16.6. The second-order valence-electron chi connectivity index (χ2n) is 5.79. The number of nitro groups is 1. The maximum Gasteiger partial charge on any atom is 0.282 e. The van der Waals surface area contributed by atoms with E-state index in [2.05, 4.69) is 28.5 Å². The quantitative estimate of drug-likeness (QED) is 0.454. The second kappa shape index (κ2) is 6.20. The summed E-state index contributed by atoms with van der Waals surface area (Å²) in [4.78, 5) is 23.0. The number of hydrogen-bond acceptors (Lipinski definition) is 7. The van der Waals surface area contributed by atoms with E-state index in [1.54, 1.807) is 12.1 Å². The van der Waals surface area contributed by atoms with Gasteiger partial charge in [-0.05, 0) is 12.5 Å². The molecule has 3 rings (SSSR count). The van der Waals surface area contributed by atoms with Gasteiger partial charge in [0, 0.05) is 25.1 Å². The van der Waals surface area contributed by atoms with Crippen LogP contribution in [0.25, 0.3) is 0 Å². The van der Waals surface area contributed by atoms with E-state index >= 15 is 0 Å². The van der Waals surface area contributed by atoms with Crippen LogP contribution in [0.1, 0.15) is 23.7 Å². The molecule has 1 amide bonds. The first-order chi connectivity index (χ1) is 11.0. The number of hydrogen-bond donors (Lipinski definition) is 4. The lowest BCUT2D eigenvalue weighted by Crippen LogP contribution is -2.52. The molecule has 0 bridgehead atoms. The molecular formula is C14H20N6O3. The van der Waals surface area contributed by atoms with Gasteiger partial charge in [-0.2, -0.15) is 0 Å². The number of para-hydroxylation sites is 1. The molecule has 2 saturated heterocycles. The van der Waals surface area contributed by atoms with Crippen LogP contribution in [-0.2, 0) is 0 Å². The molecule has 0 aliphatic carbocycles. The third-order valence-corrected chi connectivity index (χ3v) is 4.46. The molecule has 0 saturated carbocycles. The Balaban J connectivity index is 1.77. The largest absolute Gasteiger partial charge is 0.335 e. The summed E-state index contributed by atoms with van der Waals surface area (Å²) in [5.74, 6) is -0.335. The van der Waals surface area contributed by atoms with Gasteiger partial charge >= 0.3 is 0 Å². The number of benzene rings is 1. The van der Waals surface area contributed by atoms with Gasteiger partial charge in [-0.25, -0.2) is 15.9 Å². The molecule has 0 aromatic heterocycles. The Bertz CT molecular complexity index is 624. The van der Waals surface area contributed by atoms with Crippen LogP contribution in [0.4, 0.5) is 5.69 Å². The summed E-state index contributed by atoms with van der Waals surface area (Å²) in [5, 5.41) is 15.9. The van der Waals surface area contributed by atoms with E-state index < -0.39 is 10.8 Å². The lowest BCUT2D eigenvalue weighted by Gasteiger charge is -2.23. The Labute approximate surface area is 133 Å². The van der Waals surface area contributed by atoms with Gasteiger partial charge in [0.15, 0.2) is 0 Å². The van der Waals surface area contributed by atoms with Gasteiger partial charge in [0.1, 0.15) is 5.56 Å². The van der Waals surface area contributed by atoms with E-state index in [1.165, 1.54) is 12.1 Å². The molecule has 9 nitrogen and oxygen atoms in total.